The number of Topliss-reactive ketones (excluding diaryl/α,β-unsaturated/α-hetero) is 1. The van der Waals surface area contributed by atoms with Gasteiger partial charge >= 0.3 is 12.1 Å². The summed E-state index contributed by atoms with van der Waals surface area (Å²) in [7, 11) is 0. The van der Waals surface area contributed by atoms with Crippen molar-refractivity contribution in [3.63, 3.8) is 0 Å². The summed E-state index contributed by atoms with van der Waals surface area (Å²) < 4.78 is 35.3. The molecule has 1 heterocycles. The quantitative estimate of drug-likeness (QED) is 0.614. The number of carbonyl (C=O) groups is 2. The number of likely N-dealkylation sites (tertiary alicyclic amines) is 1. The van der Waals surface area contributed by atoms with Crippen LogP contribution in [0, 0.1) is 5.92 Å². The van der Waals surface area contributed by atoms with E-state index in [1.54, 1.807) is 0 Å². The Morgan fingerprint density at radius 3 is 2.08 bits per heavy atom. The van der Waals surface area contributed by atoms with Crippen molar-refractivity contribution < 1.29 is 22.8 Å². The molecule has 0 saturated carbocycles. The number of alkyl halides is 3. The van der Waals surface area contributed by atoms with E-state index < -0.39 is 18.0 Å². The van der Waals surface area contributed by atoms with Gasteiger partial charge < -0.3 is 4.90 Å². The molecule has 1 aliphatic heterocycles. The Kier molecular flexibility index (Phi) is 2.32. The summed E-state index contributed by atoms with van der Waals surface area (Å²) in [5, 5.41) is 0. The predicted octanol–water partition coefficient (Wildman–Crippen LogP) is 0.596. The fourth-order valence-electron chi connectivity index (χ4n) is 1.08. The first-order valence-electron chi connectivity index (χ1n) is 3.69. The van der Waals surface area contributed by atoms with Crippen molar-refractivity contribution in [2.24, 2.45) is 5.92 Å². The van der Waals surface area contributed by atoms with E-state index in [1.807, 2.05) is 0 Å². The first-order valence-corrected chi connectivity index (χ1v) is 3.69. The third-order valence-electron chi connectivity index (χ3n) is 1.99. The van der Waals surface area contributed by atoms with Gasteiger partial charge in [-0.3, -0.25) is 9.59 Å². The monoisotopic (exact) mass is 195 g/mol. The van der Waals surface area contributed by atoms with E-state index in [9.17, 15) is 22.8 Å². The van der Waals surface area contributed by atoms with Gasteiger partial charge in [-0.05, 0) is 6.92 Å². The molecule has 1 saturated heterocycles. The molecule has 0 aromatic heterocycles. The summed E-state index contributed by atoms with van der Waals surface area (Å²) in [5.41, 5.74) is 0. The summed E-state index contributed by atoms with van der Waals surface area (Å²) in [6.45, 7) is 1.10. The Bertz CT molecular complexity index is 243. The van der Waals surface area contributed by atoms with Crippen LogP contribution in [0.15, 0.2) is 0 Å². The minimum absolute atomic E-state index is 0.103. The summed E-state index contributed by atoms with van der Waals surface area (Å²) in [5.74, 6) is -2.44. The zero-order valence-electron chi connectivity index (χ0n) is 6.89. The smallest absolute Gasteiger partial charge is 0.333 e. The Morgan fingerprint density at radius 1 is 1.31 bits per heavy atom. The molecule has 0 N–H and O–H groups in total. The molecule has 1 rings (SSSR count). The van der Waals surface area contributed by atoms with Crippen LogP contribution in [0.4, 0.5) is 13.2 Å². The van der Waals surface area contributed by atoms with E-state index in [0.717, 1.165) is 0 Å². The molecular formula is C7H8F3NO2. The molecule has 0 unspecified atom stereocenters. The predicted molar refractivity (Wildman–Crippen MR) is 36.8 cm³/mol. The normalized spacial score (nSPS) is 18.3. The highest BCUT2D eigenvalue weighted by Gasteiger charge is 2.47. The van der Waals surface area contributed by atoms with Crippen molar-refractivity contribution >= 4 is 11.7 Å². The fourth-order valence-corrected chi connectivity index (χ4v) is 1.08. The second-order valence-electron chi connectivity index (χ2n) is 3.02. The Balaban J connectivity index is 2.44. The summed E-state index contributed by atoms with van der Waals surface area (Å²) >= 11 is 0. The van der Waals surface area contributed by atoms with E-state index in [-0.39, 0.29) is 18.9 Å². The minimum Gasteiger partial charge on any atom is -0.333 e. The first-order chi connectivity index (χ1) is 5.82. The lowest BCUT2D eigenvalue weighted by atomic mass is 9.96. The van der Waals surface area contributed by atoms with Gasteiger partial charge in [0.15, 0.2) is 0 Å². The number of hydrogen-bond acceptors (Lipinski definition) is 2. The Morgan fingerprint density at radius 2 is 1.77 bits per heavy atom. The number of hydrogen-bond donors (Lipinski definition) is 0. The molecule has 0 spiro atoms. The third kappa shape index (κ3) is 1.99. The van der Waals surface area contributed by atoms with Crippen molar-refractivity contribution in [1.29, 1.82) is 0 Å². The van der Waals surface area contributed by atoms with Crippen molar-refractivity contribution in [2.45, 2.75) is 13.1 Å². The van der Waals surface area contributed by atoms with Gasteiger partial charge in [0, 0.05) is 13.1 Å². The zero-order valence-corrected chi connectivity index (χ0v) is 6.89. The van der Waals surface area contributed by atoms with Gasteiger partial charge in [0.1, 0.15) is 5.78 Å². The number of carbonyl (C=O) groups excluding carboxylic acids is 2. The standard InChI is InChI=1S/C7H8F3NO2/c1-4(12)5-2-11(3-5)6(13)7(8,9)10/h5H,2-3H2,1H3. The van der Waals surface area contributed by atoms with Gasteiger partial charge in [0.05, 0.1) is 5.92 Å². The van der Waals surface area contributed by atoms with Crippen molar-refractivity contribution in [3.05, 3.63) is 0 Å². The van der Waals surface area contributed by atoms with Crippen LogP contribution < -0.4 is 0 Å². The second kappa shape index (κ2) is 3.01. The lowest BCUT2D eigenvalue weighted by molar-refractivity contribution is -0.191. The third-order valence-corrected chi connectivity index (χ3v) is 1.99. The molecule has 0 radical (unpaired) electrons. The van der Waals surface area contributed by atoms with Crippen molar-refractivity contribution in [2.75, 3.05) is 13.1 Å². The van der Waals surface area contributed by atoms with E-state index in [2.05, 4.69) is 0 Å². The maximum absolute atomic E-state index is 11.8. The van der Waals surface area contributed by atoms with Crippen LogP contribution in [-0.4, -0.2) is 35.9 Å². The number of amides is 1. The number of rotatable bonds is 1. The van der Waals surface area contributed by atoms with E-state index in [1.165, 1.54) is 6.92 Å². The average Bonchev–Trinajstić information content (AvgIpc) is 1.80. The first kappa shape index (κ1) is 10.0. The SMILES string of the molecule is CC(=O)C1CN(C(=O)C(F)(F)F)C1. The number of halogens is 3. The number of nitrogens with zero attached hydrogens (tertiary/aromatic N) is 1. The molecule has 0 aliphatic carbocycles. The summed E-state index contributed by atoms with van der Waals surface area (Å²) in [6.07, 6.45) is -4.82. The van der Waals surface area contributed by atoms with E-state index in [4.69, 9.17) is 0 Å². The van der Waals surface area contributed by atoms with Crippen LogP contribution in [0.2, 0.25) is 0 Å². The summed E-state index contributed by atoms with van der Waals surface area (Å²) in [6, 6.07) is 0. The van der Waals surface area contributed by atoms with Gasteiger partial charge in [0.2, 0.25) is 0 Å². The Hall–Kier alpha value is -1.07. The molecule has 74 valence electrons. The average molecular weight is 195 g/mol. The van der Waals surface area contributed by atoms with Crippen LogP contribution in [0.1, 0.15) is 6.92 Å². The van der Waals surface area contributed by atoms with Crippen LogP contribution in [0.3, 0.4) is 0 Å². The zero-order chi connectivity index (χ0) is 10.2. The van der Waals surface area contributed by atoms with Crippen molar-refractivity contribution in [3.8, 4) is 0 Å². The van der Waals surface area contributed by atoms with Gasteiger partial charge in [-0.1, -0.05) is 0 Å². The molecule has 13 heavy (non-hydrogen) atoms. The molecular weight excluding hydrogens is 187 g/mol. The van der Waals surface area contributed by atoms with Crippen LogP contribution in [0.25, 0.3) is 0 Å². The van der Waals surface area contributed by atoms with E-state index in [0.29, 0.717) is 4.90 Å². The van der Waals surface area contributed by atoms with Crippen LogP contribution in [-0.2, 0) is 9.59 Å². The molecule has 6 heteroatoms. The highest BCUT2D eigenvalue weighted by atomic mass is 19.4. The maximum atomic E-state index is 11.8. The highest BCUT2D eigenvalue weighted by molar-refractivity contribution is 5.86. The molecule has 1 amide bonds. The summed E-state index contributed by atoms with van der Waals surface area (Å²) in [4.78, 5) is 21.8. The fraction of sp³-hybridized carbons (Fsp3) is 0.714. The second-order valence-corrected chi connectivity index (χ2v) is 3.02. The number of ketones is 1. The maximum Gasteiger partial charge on any atom is 0.471 e. The largest absolute Gasteiger partial charge is 0.471 e. The lowest BCUT2D eigenvalue weighted by Gasteiger charge is -2.37. The molecule has 1 aliphatic rings. The van der Waals surface area contributed by atoms with Crippen LogP contribution in [0.5, 0.6) is 0 Å². The lowest BCUT2D eigenvalue weighted by Crippen LogP contribution is -2.56. The highest BCUT2D eigenvalue weighted by Crippen LogP contribution is 2.24. The minimum atomic E-state index is -4.82. The molecule has 0 aromatic carbocycles. The van der Waals surface area contributed by atoms with Crippen molar-refractivity contribution in [1.82, 2.24) is 4.90 Å². The van der Waals surface area contributed by atoms with Gasteiger partial charge in [0.25, 0.3) is 0 Å². The molecule has 0 bridgehead atoms. The molecule has 0 atom stereocenters. The molecule has 3 nitrogen and oxygen atoms in total. The van der Waals surface area contributed by atoms with Gasteiger partial charge in [-0.2, -0.15) is 13.2 Å². The van der Waals surface area contributed by atoms with Crippen LogP contribution >= 0.6 is 0 Å². The van der Waals surface area contributed by atoms with Gasteiger partial charge in [-0.25, -0.2) is 0 Å². The molecule has 0 aromatic rings. The van der Waals surface area contributed by atoms with Gasteiger partial charge in [-0.15, -0.1) is 0 Å². The Labute approximate surface area is 72.5 Å². The topological polar surface area (TPSA) is 37.4 Å². The molecule has 1 fully saturated rings. The van der Waals surface area contributed by atoms with E-state index >= 15 is 0 Å².